The number of carbonyl (C=O) groups excluding carboxylic acids is 2. The van der Waals surface area contributed by atoms with E-state index in [1.54, 1.807) is 13.0 Å². The molecule has 0 heterocycles. The maximum absolute atomic E-state index is 11.6. The van der Waals surface area contributed by atoms with Crippen molar-refractivity contribution in [2.45, 2.75) is 26.7 Å². The predicted octanol–water partition coefficient (Wildman–Crippen LogP) is 3.70. The highest BCUT2D eigenvalue weighted by molar-refractivity contribution is 9.10. The molecule has 0 aliphatic carbocycles. The highest BCUT2D eigenvalue weighted by atomic mass is 79.9. The number of ether oxygens (including phenoxy) is 2. The fourth-order valence-corrected chi connectivity index (χ4v) is 2.60. The zero-order chi connectivity index (χ0) is 15.1. The summed E-state index contributed by atoms with van der Waals surface area (Å²) in [4.78, 5) is 22.8. The molecule has 0 aliphatic heterocycles. The number of hydrogen-bond donors (Lipinski definition) is 0. The second-order valence-electron chi connectivity index (χ2n) is 4.17. The molecule has 0 spiro atoms. The van der Waals surface area contributed by atoms with Crippen LogP contribution in [-0.2, 0) is 14.3 Å². The molecule has 0 unspecified atom stereocenters. The van der Waals surface area contributed by atoms with Gasteiger partial charge in [0.1, 0.15) is 12.4 Å². The fraction of sp³-hybridized carbons (Fsp3) is 0.429. The van der Waals surface area contributed by atoms with Crippen LogP contribution in [-0.4, -0.2) is 25.0 Å². The van der Waals surface area contributed by atoms with Crippen LogP contribution in [0.4, 0.5) is 0 Å². The van der Waals surface area contributed by atoms with E-state index >= 15 is 0 Å². The lowest BCUT2D eigenvalue weighted by molar-refractivity contribution is -0.144. The molecule has 20 heavy (non-hydrogen) atoms. The summed E-state index contributed by atoms with van der Waals surface area (Å²) >= 11 is 9.37. The van der Waals surface area contributed by atoms with Crippen molar-refractivity contribution in [2.75, 3.05) is 13.2 Å². The van der Waals surface area contributed by atoms with Crippen molar-refractivity contribution in [2.24, 2.45) is 0 Å². The lowest BCUT2D eigenvalue weighted by Crippen LogP contribution is -2.14. The average Bonchev–Trinajstić information content (AvgIpc) is 2.35. The lowest BCUT2D eigenvalue weighted by atomic mass is 10.2. The molecule has 1 aromatic carbocycles. The smallest absolute Gasteiger partial charge is 0.306 e. The van der Waals surface area contributed by atoms with Crippen molar-refractivity contribution >= 4 is 39.3 Å². The van der Waals surface area contributed by atoms with Crippen LogP contribution in [0.2, 0.25) is 5.02 Å². The van der Waals surface area contributed by atoms with Gasteiger partial charge in [-0.15, -0.1) is 0 Å². The zero-order valence-corrected chi connectivity index (χ0v) is 13.7. The highest BCUT2D eigenvalue weighted by Gasteiger charge is 2.11. The Morgan fingerprint density at radius 1 is 1.30 bits per heavy atom. The van der Waals surface area contributed by atoms with E-state index < -0.39 is 0 Å². The highest BCUT2D eigenvalue weighted by Crippen LogP contribution is 2.31. The van der Waals surface area contributed by atoms with Crippen molar-refractivity contribution < 1.29 is 19.1 Å². The summed E-state index contributed by atoms with van der Waals surface area (Å²) < 4.78 is 11.0. The van der Waals surface area contributed by atoms with Gasteiger partial charge in [-0.25, -0.2) is 0 Å². The first-order chi connectivity index (χ1) is 9.43. The molecule has 0 N–H and O–H groups in total. The van der Waals surface area contributed by atoms with Gasteiger partial charge in [0.2, 0.25) is 0 Å². The van der Waals surface area contributed by atoms with E-state index in [1.165, 1.54) is 0 Å². The van der Waals surface area contributed by atoms with Gasteiger partial charge in [-0.3, -0.25) is 9.59 Å². The van der Waals surface area contributed by atoms with Crippen LogP contribution < -0.4 is 4.74 Å². The standard InChI is InChI=1S/C14H16BrClO4/c1-3-19-13(18)5-4-11(17)8-20-14-9(2)6-10(15)7-12(14)16/h6-7H,3-5,8H2,1-2H3. The Morgan fingerprint density at radius 3 is 2.60 bits per heavy atom. The lowest BCUT2D eigenvalue weighted by Gasteiger charge is -2.11. The molecule has 0 saturated carbocycles. The van der Waals surface area contributed by atoms with E-state index in [-0.39, 0.29) is 31.2 Å². The molecular formula is C14H16BrClO4. The number of Topliss-reactive ketones (excluding diaryl/α,β-unsaturated/α-hetero) is 1. The molecule has 0 radical (unpaired) electrons. The molecular weight excluding hydrogens is 348 g/mol. The third kappa shape index (κ3) is 5.51. The van der Waals surface area contributed by atoms with Gasteiger partial charge in [-0.2, -0.15) is 0 Å². The second-order valence-corrected chi connectivity index (χ2v) is 5.49. The first-order valence-corrected chi connectivity index (χ1v) is 7.37. The largest absolute Gasteiger partial charge is 0.484 e. The van der Waals surface area contributed by atoms with E-state index in [9.17, 15) is 9.59 Å². The fourth-order valence-electron chi connectivity index (χ4n) is 1.57. The molecule has 0 saturated heterocycles. The molecule has 110 valence electrons. The van der Waals surface area contributed by atoms with Crippen molar-refractivity contribution in [3.05, 3.63) is 27.2 Å². The number of hydrogen-bond acceptors (Lipinski definition) is 4. The van der Waals surface area contributed by atoms with E-state index in [0.29, 0.717) is 17.4 Å². The van der Waals surface area contributed by atoms with Crippen molar-refractivity contribution in [3.63, 3.8) is 0 Å². The summed E-state index contributed by atoms with van der Waals surface area (Å²) in [7, 11) is 0. The molecule has 0 aromatic heterocycles. The Bertz CT molecular complexity index is 479. The summed E-state index contributed by atoms with van der Waals surface area (Å²) in [5.74, 6) is -0.0607. The first kappa shape index (κ1) is 17.0. The molecule has 0 atom stereocenters. The number of halogens is 2. The molecule has 0 amide bonds. The number of benzene rings is 1. The monoisotopic (exact) mass is 362 g/mol. The minimum Gasteiger partial charge on any atom is -0.484 e. The third-order valence-corrected chi connectivity index (χ3v) is 3.22. The van der Waals surface area contributed by atoms with E-state index in [0.717, 1.165) is 10.0 Å². The Kier molecular flexibility index (Phi) is 7.02. The number of ketones is 1. The Morgan fingerprint density at radius 2 is 2.00 bits per heavy atom. The van der Waals surface area contributed by atoms with Crippen molar-refractivity contribution in [1.29, 1.82) is 0 Å². The Hall–Kier alpha value is -1.07. The summed E-state index contributed by atoms with van der Waals surface area (Å²) in [6.07, 6.45) is 0.176. The Labute approximate surface area is 131 Å². The van der Waals surface area contributed by atoms with E-state index in [4.69, 9.17) is 21.1 Å². The molecule has 0 aliphatic rings. The van der Waals surface area contributed by atoms with E-state index in [2.05, 4.69) is 15.9 Å². The maximum atomic E-state index is 11.6. The number of rotatable bonds is 7. The second kappa shape index (κ2) is 8.27. The normalized spacial score (nSPS) is 10.2. The van der Waals surface area contributed by atoms with Gasteiger partial charge in [0, 0.05) is 10.9 Å². The van der Waals surface area contributed by atoms with Crippen LogP contribution in [0.15, 0.2) is 16.6 Å². The average molecular weight is 364 g/mol. The summed E-state index contributed by atoms with van der Waals surface area (Å²) in [6, 6.07) is 3.55. The van der Waals surface area contributed by atoms with Gasteiger partial charge in [0.25, 0.3) is 0 Å². The van der Waals surface area contributed by atoms with Crippen LogP contribution in [0.3, 0.4) is 0 Å². The van der Waals surface area contributed by atoms with Crippen LogP contribution in [0.25, 0.3) is 0 Å². The number of aryl methyl sites for hydroxylation is 1. The topological polar surface area (TPSA) is 52.6 Å². The van der Waals surface area contributed by atoms with Crippen LogP contribution >= 0.6 is 27.5 Å². The Balaban J connectivity index is 2.47. The van der Waals surface area contributed by atoms with Gasteiger partial charge in [0.05, 0.1) is 18.1 Å². The third-order valence-electron chi connectivity index (χ3n) is 2.48. The first-order valence-electron chi connectivity index (χ1n) is 6.19. The number of carbonyl (C=O) groups is 2. The zero-order valence-electron chi connectivity index (χ0n) is 11.4. The molecule has 4 nitrogen and oxygen atoms in total. The predicted molar refractivity (Wildman–Crippen MR) is 80.3 cm³/mol. The molecule has 6 heteroatoms. The summed E-state index contributed by atoms with van der Waals surface area (Å²) in [5.41, 5.74) is 0.836. The minimum absolute atomic E-state index is 0.0725. The molecule has 1 aromatic rings. The van der Waals surface area contributed by atoms with Crippen LogP contribution in [0.1, 0.15) is 25.3 Å². The van der Waals surface area contributed by atoms with Crippen molar-refractivity contribution in [3.8, 4) is 5.75 Å². The molecule has 0 fully saturated rings. The van der Waals surface area contributed by atoms with Crippen LogP contribution in [0, 0.1) is 6.92 Å². The van der Waals surface area contributed by atoms with Crippen molar-refractivity contribution in [1.82, 2.24) is 0 Å². The number of esters is 1. The van der Waals surface area contributed by atoms with E-state index in [1.807, 2.05) is 13.0 Å². The quantitative estimate of drug-likeness (QED) is 0.693. The SMILES string of the molecule is CCOC(=O)CCC(=O)COc1c(C)cc(Br)cc1Cl. The summed E-state index contributed by atoms with van der Waals surface area (Å²) in [5, 5.41) is 0.440. The minimum atomic E-state index is -0.376. The van der Waals surface area contributed by atoms with Gasteiger partial charge in [0.15, 0.2) is 5.78 Å². The van der Waals surface area contributed by atoms with Gasteiger partial charge in [-0.1, -0.05) is 27.5 Å². The molecule has 1 rings (SSSR count). The maximum Gasteiger partial charge on any atom is 0.306 e. The van der Waals surface area contributed by atoms with Gasteiger partial charge < -0.3 is 9.47 Å². The van der Waals surface area contributed by atoms with Gasteiger partial charge in [-0.05, 0) is 31.5 Å². The molecule has 0 bridgehead atoms. The van der Waals surface area contributed by atoms with Crippen LogP contribution in [0.5, 0.6) is 5.75 Å². The summed E-state index contributed by atoms with van der Waals surface area (Å²) in [6.45, 7) is 3.77. The van der Waals surface area contributed by atoms with Gasteiger partial charge >= 0.3 is 5.97 Å².